The summed E-state index contributed by atoms with van der Waals surface area (Å²) in [5, 5.41) is 5.70. The van der Waals surface area contributed by atoms with Crippen LogP contribution >= 0.6 is 0 Å². The second-order valence-corrected chi connectivity index (χ2v) is 8.77. The lowest BCUT2D eigenvalue weighted by molar-refractivity contribution is -0.129. The number of nitrogens with zero attached hydrogens (tertiary/aromatic N) is 1. The van der Waals surface area contributed by atoms with Crippen LogP contribution in [0.1, 0.15) is 58.0 Å². The molecule has 1 aliphatic heterocycles. The van der Waals surface area contributed by atoms with Crippen molar-refractivity contribution in [2.24, 2.45) is 0 Å². The van der Waals surface area contributed by atoms with Crippen molar-refractivity contribution >= 4 is 23.6 Å². The van der Waals surface area contributed by atoms with Gasteiger partial charge in [0.2, 0.25) is 0 Å². The Morgan fingerprint density at radius 3 is 1.92 bits per heavy atom. The minimum Gasteiger partial charge on any atom is -0.352 e. The van der Waals surface area contributed by atoms with Gasteiger partial charge in [-0.3, -0.25) is 19.3 Å². The maximum absolute atomic E-state index is 13.7. The van der Waals surface area contributed by atoms with Gasteiger partial charge in [-0.05, 0) is 29.7 Å². The van der Waals surface area contributed by atoms with Crippen LogP contribution in [0.5, 0.6) is 0 Å². The van der Waals surface area contributed by atoms with E-state index in [2.05, 4.69) is 17.6 Å². The van der Waals surface area contributed by atoms with E-state index in [0.29, 0.717) is 28.8 Å². The molecule has 36 heavy (non-hydrogen) atoms. The van der Waals surface area contributed by atoms with Gasteiger partial charge in [-0.2, -0.15) is 0 Å². The number of carbonyl (C=O) groups is 4. The lowest BCUT2D eigenvalue weighted by atomic mass is 9.82. The highest BCUT2D eigenvalue weighted by Crippen LogP contribution is 2.36. The summed E-state index contributed by atoms with van der Waals surface area (Å²) in [4.78, 5) is 53.0. The average Bonchev–Trinajstić information content (AvgIpc) is 3.17. The fourth-order valence-corrected chi connectivity index (χ4v) is 4.38. The molecule has 4 rings (SSSR count). The van der Waals surface area contributed by atoms with Crippen molar-refractivity contribution < 1.29 is 19.2 Å². The lowest BCUT2D eigenvalue weighted by Crippen LogP contribution is -2.45. The van der Waals surface area contributed by atoms with Crippen LogP contribution in [0, 0.1) is 0 Å². The molecule has 1 fully saturated rings. The van der Waals surface area contributed by atoms with Crippen LogP contribution in [0.2, 0.25) is 0 Å². The van der Waals surface area contributed by atoms with Crippen LogP contribution in [0.3, 0.4) is 0 Å². The van der Waals surface area contributed by atoms with E-state index >= 15 is 0 Å². The third-order valence-electron chi connectivity index (χ3n) is 6.36. The van der Waals surface area contributed by atoms with Gasteiger partial charge in [-0.25, -0.2) is 4.79 Å². The summed E-state index contributed by atoms with van der Waals surface area (Å²) >= 11 is 0. The highest BCUT2D eigenvalue weighted by Gasteiger charge is 2.54. The Hall–Kier alpha value is -4.26. The Morgan fingerprint density at radius 1 is 0.806 bits per heavy atom. The first-order valence-corrected chi connectivity index (χ1v) is 12.1. The predicted molar refractivity (Wildman–Crippen MR) is 137 cm³/mol. The molecule has 0 unspecified atom stereocenters. The fourth-order valence-electron chi connectivity index (χ4n) is 4.38. The number of amides is 4. The molecule has 7 heteroatoms. The molecular formula is C29H29N3O4. The number of rotatable bonds is 10. The summed E-state index contributed by atoms with van der Waals surface area (Å²) in [6.45, 7) is 2.29. The molecule has 0 aliphatic carbocycles. The molecule has 2 N–H and O–H groups in total. The number of ketones is 1. The Labute approximate surface area is 210 Å². The molecule has 3 aromatic carbocycles. The number of unbranched alkanes of at least 4 members (excludes halogenated alkanes) is 2. The van der Waals surface area contributed by atoms with E-state index in [0.717, 1.165) is 24.2 Å². The highest BCUT2D eigenvalue weighted by molar-refractivity contribution is 6.13. The molecule has 1 saturated heterocycles. The van der Waals surface area contributed by atoms with Crippen LogP contribution in [0.15, 0.2) is 84.9 Å². The van der Waals surface area contributed by atoms with Crippen molar-refractivity contribution in [1.29, 1.82) is 0 Å². The van der Waals surface area contributed by atoms with Gasteiger partial charge in [0.1, 0.15) is 0 Å². The van der Waals surface area contributed by atoms with E-state index in [4.69, 9.17) is 0 Å². The Kier molecular flexibility index (Phi) is 7.59. The molecule has 4 amide bonds. The number of hydrogen-bond donors (Lipinski definition) is 2. The number of benzene rings is 3. The smallest absolute Gasteiger partial charge is 0.325 e. The van der Waals surface area contributed by atoms with Crippen molar-refractivity contribution in [3.8, 4) is 0 Å². The van der Waals surface area contributed by atoms with E-state index in [1.165, 1.54) is 0 Å². The molecule has 0 atom stereocenters. The normalized spacial score (nSPS) is 14.4. The second kappa shape index (κ2) is 11.0. The van der Waals surface area contributed by atoms with Crippen molar-refractivity contribution in [1.82, 2.24) is 15.5 Å². The zero-order valence-electron chi connectivity index (χ0n) is 20.2. The zero-order valence-corrected chi connectivity index (χ0v) is 20.2. The number of carbonyl (C=O) groups excluding carboxylic acids is 4. The number of imide groups is 1. The topological polar surface area (TPSA) is 95.6 Å². The van der Waals surface area contributed by atoms with Gasteiger partial charge in [0, 0.05) is 17.7 Å². The molecule has 0 radical (unpaired) electrons. The van der Waals surface area contributed by atoms with E-state index in [9.17, 15) is 19.2 Å². The summed E-state index contributed by atoms with van der Waals surface area (Å²) < 4.78 is 0. The summed E-state index contributed by atoms with van der Waals surface area (Å²) in [5.41, 5.74) is 0.567. The Balaban J connectivity index is 1.52. The van der Waals surface area contributed by atoms with Gasteiger partial charge in [0.15, 0.2) is 11.3 Å². The van der Waals surface area contributed by atoms with E-state index in [1.807, 2.05) is 12.1 Å². The predicted octanol–water partition coefficient (Wildman–Crippen LogP) is 4.28. The SMILES string of the molecule is CCCCCNC(=O)c1ccc(C(=O)CN2C(=O)NC(c3ccccc3)(c3ccccc3)C2=O)cc1. The molecule has 1 heterocycles. The molecular weight excluding hydrogens is 454 g/mol. The minimum absolute atomic E-state index is 0.199. The van der Waals surface area contributed by atoms with Gasteiger partial charge < -0.3 is 10.6 Å². The molecule has 0 saturated carbocycles. The quantitative estimate of drug-likeness (QED) is 0.256. The van der Waals surface area contributed by atoms with Crippen LogP contribution in [-0.2, 0) is 10.3 Å². The first kappa shape index (κ1) is 24.9. The van der Waals surface area contributed by atoms with Crippen LogP contribution in [0.25, 0.3) is 0 Å². The lowest BCUT2D eigenvalue weighted by Gasteiger charge is -2.28. The third kappa shape index (κ3) is 4.91. The summed E-state index contributed by atoms with van der Waals surface area (Å²) in [7, 11) is 0. The molecule has 1 aliphatic rings. The summed E-state index contributed by atoms with van der Waals surface area (Å²) in [6, 6.07) is 23.6. The van der Waals surface area contributed by atoms with Crippen LogP contribution in [0.4, 0.5) is 4.79 Å². The molecule has 0 bridgehead atoms. The van der Waals surface area contributed by atoms with Gasteiger partial charge >= 0.3 is 6.03 Å². The molecule has 7 nitrogen and oxygen atoms in total. The maximum atomic E-state index is 13.7. The standard InChI is InChI=1S/C29H29N3O4/c1-2-3-10-19-30-26(34)22-17-15-21(16-18-22)25(33)20-32-27(35)29(31-28(32)36,23-11-6-4-7-12-23)24-13-8-5-9-14-24/h4-9,11-18H,2-3,10,19-20H2,1H3,(H,30,34)(H,31,36). The van der Waals surface area contributed by atoms with Gasteiger partial charge in [-0.15, -0.1) is 0 Å². The van der Waals surface area contributed by atoms with Crippen molar-refractivity contribution in [2.75, 3.05) is 13.1 Å². The molecule has 0 aromatic heterocycles. The Morgan fingerprint density at radius 2 is 1.36 bits per heavy atom. The minimum atomic E-state index is -1.42. The second-order valence-electron chi connectivity index (χ2n) is 8.77. The largest absolute Gasteiger partial charge is 0.352 e. The number of urea groups is 1. The van der Waals surface area contributed by atoms with Crippen LogP contribution in [-0.4, -0.2) is 41.6 Å². The first-order valence-electron chi connectivity index (χ1n) is 12.1. The van der Waals surface area contributed by atoms with Crippen molar-refractivity contribution in [2.45, 2.75) is 31.7 Å². The van der Waals surface area contributed by atoms with Crippen molar-refractivity contribution in [3.05, 3.63) is 107 Å². The number of nitrogens with one attached hydrogen (secondary N) is 2. The van der Waals surface area contributed by atoms with Crippen LogP contribution < -0.4 is 10.6 Å². The zero-order chi connectivity index (χ0) is 25.5. The molecule has 3 aromatic rings. The van der Waals surface area contributed by atoms with E-state index in [-0.39, 0.29) is 5.91 Å². The Bertz CT molecular complexity index is 1200. The maximum Gasteiger partial charge on any atom is 0.325 e. The average molecular weight is 484 g/mol. The monoisotopic (exact) mass is 483 g/mol. The molecule has 0 spiro atoms. The third-order valence-corrected chi connectivity index (χ3v) is 6.36. The van der Waals surface area contributed by atoms with Crippen molar-refractivity contribution in [3.63, 3.8) is 0 Å². The first-order chi connectivity index (χ1) is 17.5. The summed E-state index contributed by atoms with van der Waals surface area (Å²) in [6.07, 6.45) is 3.03. The highest BCUT2D eigenvalue weighted by atomic mass is 16.2. The van der Waals surface area contributed by atoms with E-state index < -0.39 is 29.8 Å². The van der Waals surface area contributed by atoms with E-state index in [1.54, 1.807) is 72.8 Å². The van der Waals surface area contributed by atoms with Gasteiger partial charge in [-0.1, -0.05) is 92.6 Å². The summed E-state index contributed by atoms with van der Waals surface area (Å²) in [5.74, 6) is -1.11. The number of hydrogen-bond acceptors (Lipinski definition) is 4. The number of Topliss-reactive ketones (excluding diaryl/α,β-unsaturated/α-hetero) is 1. The molecule has 184 valence electrons. The fraction of sp³-hybridized carbons (Fsp3) is 0.241. The van der Waals surface area contributed by atoms with Gasteiger partial charge in [0.05, 0.1) is 6.54 Å². The van der Waals surface area contributed by atoms with Gasteiger partial charge in [0.25, 0.3) is 11.8 Å².